The van der Waals surface area contributed by atoms with Gasteiger partial charge >= 0.3 is 0 Å². The molecule has 20 heavy (non-hydrogen) atoms. The van der Waals surface area contributed by atoms with Gasteiger partial charge in [0.25, 0.3) is 0 Å². The first-order valence-corrected chi connectivity index (χ1v) is 7.75. The molecule has 1 heterocycles. The molecule has 2 unspecified atom stereocenters. The van der Waals surface area contributed by atoms with Crippen LogP contribution in [-0.2, 0) is 0 Å². The third-order valence-electron chi connectivity index (χ3n) is 4.34. The van der Waals surface area contributed by atoms with Gasteiger partial charge in [0.2, 0.25) is 0 Å². The third-order valence-corrected chi connectivity index (χ3v) is 4.82. The fourth-order valence-electron chi connectivity index (χ4n) is 2.73. The van der Waals surface area contributed by atoms with Gasteiger partial charge in [-0.05, 0) is 19.0 Å². The maximum absolute atomic E-state index is 12.3. The molecule has 4 heteroatoms. The lowest BCUT2D eigenvalue weighted by molar-refractivity contribution is 0.0876. The van der Waals surface area contributed by atoms with Crippen molar-refractivity contribution in [3.05, 3.63) is 35.4 Å². The summed E-state index contributed by atoms with van der Waals surface area (Å²) in [5, 5.41) is 0.293. The number of likely N-dealkylation sites (N-methyl/N-ethyl adjacent to an activating group) is 1. The van der Waals surface area contributed by atoms with Crippen molar-refractivity contribution in [1.82, 2.24) is 9.80 Å². The Morgan fingerprint density at radius 2 is 1.80 bits per heavy atom. The predicted molar refractivity (Wildman–Crippen MR) is 81.7 cm³/mol. The van der Waals surface area contributed by atoms with Gasteiger partial charge < -0.3 is 4.90 Å². The van der Waals surface area contributed by atoms with Crippen LogP contribution in [0.25, 0.3) is 0 Å². The van der Waals surface area contributed by atoms with Gasteiger partial charge in [-0.25, -0.2) is 0 Å². The molecule has 1 saturated carbocycles. The Balaban J connectivity index is 1.57. The number of nitrogens with zero attached hydrogens (tertiary/aromatic N) is 2. The molecule has 0 bridgehead atoms. The molecule has 2 fully saturated rings. The maximum atomic E-state index is 12.3. The molecule has 108 valence electrons. The van der Waals surface area contributed by atoms with Gasteiger partial charge in [-0.2, -0.15) is 0 Å². The number of hydrogen-bond acceptors (Lipinski definition) is 3. The molecule has 1 aromatic rings. The Kier molecular flexibility index (Phi) is 4.11. The Morgan fingerprint density at radius 3 is 2.35 bits per heavy atom. The van der Waals surface area contributed by atoms with Crippen LogP contribution < -0.4 is 0 Å². The highest BCUT2D eigenvalue weighted by Crippen LogP contribution is 2.45. The highest BCUT2D eigenvalue weighted by Gasteiger charge is 2.36. The van der Waals surface area contributed by atoms with E-state index in [0.29, 0.717) is 17.8 Å². The standard InChI is InChI=1S/C16H21ClN2O/c1-18-6-8-19(9-7-18)11-16(20)13-4-2-12(3-5-13)14-10-15(14)17/h2-5,14-15H,6-11H2,1H3. The Bertz CT molecular complexity index is 480. The number of piperazine rings is 1. The van der Waals surface area contributed by atoms with Crippen LogP contribution in [0.3, 0.4) is 0 Å². The Labute approximate surface area is 125 Å². The molecule has 0 radical (unpaired) electrons. The van der Waals surface area contributed by atoms with Crippen molar-refractivity contribution < 1.29 is 4.79 Å². The van der Waals surface area contributed by atoms with Gasteiger partial charge in [0.05, 0.1) is 6.54 Å². The zero-order valence-electron chi connectivity index (χ0n) is 11.9. The van der Waals surface area contributed by atoms with E-state index in [0.717, 1.165) is 38.2 Å². The minimum Gasteiger partial charge on any atom is -0.304 e. The number of hydrogen-bond donors (Lipinski definition) is 0. The molecule has 1 aliphatic carbocycles. The second-order valence-electron chi connectivity index (χ2n) is 5.98. The van der Waals surface area contributed by atoms with Crippen LogP contribution in [0.4, 0.5) is 0 Å². The van der Waals surface area contributed by atoms with Crippen molar-refractivity contribution >= 4 is 17.4 Å². The van der Waals surface area contributed by atoms with Gasteiger partial charge in [0.15, 0.2) is 5.78 Å². The molecule has 1 aromatic carbocycles. The second-order valence-corrected chi connectivity index (χ2v) is 6.54. The number of Topliss-reactive ketones (excluding diaryl/α,β-unsaturated/α-hetero) is 1. The second kappa shape index (κ2) is 5.84. The van der Waals surface area contributed by atoms with Gasteiger partial charge in [-0.15, -0.1) is 11.6 Å². The normalized spacial score (nSPS) is 27.5. The van der Waals surface area contributed by atoms with Crippen LogP contribution in [0, 0.1) is 0 Å². The molecule has 1 saturated heterocycles. The van der Waals surface area contributed by atoms with Crippen LogP contribution >= 0.6 is 11.6 Å². The van der Waals surface area contributed by atoms with E-state index in [1.54, 1.807) is 0 Å². The number of rotatable bonds is 4. The third kappa shape index (κ3) is 3.22. The van der Waals surface area contributed by atoms with E-state index in [9.17, 15) is 4.79 Å². The first-order chi connectivity index (χ1) is 9.63. The summed E-state index contributed by atoms with van der Waals surface area (Å²) in [6.07, 6.45) is 1.07. The van der Waals surface area contributed by atoms with Crippen molar-refractivity contribution in [3.8, 4) is 0 Å². The van der Waals surface area contributed by atoms with E-state index in [1.807, 2.05) is 12.1 Å². The first-order valence-electron chi connectivity index (χ1n) is 7.31. The van der Waals surface area contributed by atoms with E-state index in [2.05, 4.69) is 29.0 Å². The van der Waals surface area contributed by atoms with Crippen molar-refractivity contribution in [3.63, 3.8) is 0 Å². The molecule has 2 aliphatic rings. The fourth-order valence-corrected chi connectivity index (χ4v) is 3.06. The van der Waals surface area contributed by atoms with E-state index in [4.69, 9.17) is 11.6 Å². The summed E-state index contributed by atoms with van der Waals surface area (Å²) >= 11 is 6.05. The summed E-state index contributed by atoms with van der Waals surface area (Å²) in [4.78, 5) is 16.8. The fraction of sp³-hybridized carbons (Fsp3) is 0.562. The van der Waals surface area contributed by atoms with Gasteiger partial charge in [-0.3, -0.25) is 9.69 Å². The predicted octanol–water partition coefficient (Wildman–Crippen LogP) is 2.21. The van der Waals surface area contributed by atoms with Crippen molar-refractivity contribution in [2.75, 3.05) is 39.8 Å². The lowest BCUT2D eigenvalue weighted by Crippen LogP contribution is -2.46. The molecule has 0 spiro atoms. The molecular formula is C16H21ClN2O. The van der Waals surface area contributed by atoms with E-state index in [-0.39, 0.29) is 5.78 Å². The summed E-state index contributed by atoms with van der Waals surface area (Å²) in [7, 11) is 2.12. The van der Waals surface area contributed by atoms with Crippen LogP contribution in [0.15, 0.2) is 24.3 Å². The van der Waals surface area contributed by atoms with Crippen molar-refractivity contribution in [2.45, 2.75) is 17.7 Å². The van der Waals surface area contributed by atoms with Gasteiger partial charge in [0, 0.05) is 43.0 Å². The largest absolute Gasteiger partial charge is 0.304 e. The average Bonchev–Trinajstić information content (AvgIpc) is 3.19. The Hall–Kier alpha value is -0.900. The van der Waals surface area contributed by atoms with Crippen molar-refractivity contribution in [2.24, 2.45) is 0 Å². The molecule has 0 aromatic heterocycles. The summed E-state index contributed by atoms with van der Waals surface area (Å²) in [6, 6.07) is 8.03. The number of carbonyl (C=O) groups is 1. The molecule has 0 N–H and O–H groups in total. The zero-order valence-corrected chi connectivity index (χ0v) is 12.6. The number of carbonyl (C=O) groups excluding carboxylic acids is 1. The van der Waals surface area contributed by atoms with Crippen LogP contribution in [0.1, 0.15) is 28.3 Å². The number of ketones is 1. The quantitative estimate of drug-likeness (QED) is 0.628. The molecule has 3 rings (SSSR count). The lowest BCUT2D eigenvalue weighted by atomic mass is 10.1. The Morgan fingerprint density at radius 1 is 1.20 bits per heavy atom. The van der Waals surface area contributed by atoms with Crippen LogP contribution in [0.5, 0.6) is 0 Å². The molecular weight excluding hydrogens is 272 g/mol. The first kappa shape index (κ1) is 14.1. The topological polar surface area (TPSA) is 23.6 Å². The maximum Gasteiger partial charge on any atom is 0.176 e. The lowest BCUT2D eigenvalue weighted by Gasteiger charge is -2.31. The number of halogens is 1. The van der Waals surface area contributed by atoms with E-state index < -0.39 is 0 Å². The molecule has 1 aliphatic heterocycles. The summed E-state index contributed by atoms with van der Waals surface area (Å²) in [5.74, 6) is 0.720. The van der Waals surface area contributed by atoms with Gasteiger partial charge in [0.1, 0.15) is 0 Å². The van der Waals surface area contributed by atoms with Crippen LogP contribution in [0.2, 0.25) is 0 Å². The van der Waals surface area contributed by atoms with E-state index in [1.165, 1.54) is 5.56 Å². The molecule has 2 atom stereocenters. The highest BCUT2D eigenvalue weighted by molar-refractivity contribution is 6.23. The number of alkyl halides is 1. The summed E-state index contributed by atoms with van der Waals surface area (Å²) in [5.41, 5.74) is 2.08. The monoisotopic (exact) mass is 292 g/mol. The van der Waals surface area contributed by atoms with Crippen molar-refractivity contribution in [1.29, 1.82) is 0 Å². The highest BCUT2D eigenvalue weighted by atomic mass is 35.5. The summed E-state index contributed by atoms with van der Waals surface area (Å²) < 4.78 is 0. The molecule has 0 amide bonds. The SMILES string of the molecule is CN1CCN(CC(=O)c2ccc(C3CC3Cl)cc2)CC1. The average molecular weight is 293 g/mol. The zero-order chi connectivity index (χ0) is 14.1. The van der Waals surface area contributed by atoms with Gasteiger partial charge in [-0.1, -0.05) is 24.3 Å². The smallest absolute Gasteiger partial charge is 0.176 e. The molecule has 3 nitrogen and oxygen atoms in total. The minimum atomic E-state index is 0.222. The van der Waals surface area contributed by atoms with E-state index >= 15 is 0 Å². The number of benzene rings is 1. The minimum absolute atomic E-state index is 0.222. The summed E-state index contributed by atoms with van der Waals surface area (Å²) in [6.45, 7) is 4.59. The van der Waals surface area contributed by atoms with Crippen LogP contribution in [-0.4, -0.2) is 60.7 Å².